The van der Waals surface area contributed by atoms with Crippen LogP contribution in [0.15, 0.2) is 134 Å². The molecule has 0 saturated heterocycles. The fraction of sp³-hybridized carbons (Fsp3) is 0.597. The standard InChI is InChI=1S/C62H99NO8/c1-6-8-10-12-14-16-18-20-22-24-25-26-27-28-29-30-31-32-33-34-35-37-39-41-43-45-47-49-51-53-60(65)71-58(57-70-62(61(66)67)68-55-54-63(3,4)5)56-69-59(64)52-50-48-46-44-42-40-38-36-23-21-19-17-15-13-11-9-7-2/h8,10,14-17,20-23,25-26,28-29,31-32,34-35,39,41,45,47,58,62H,6-7,9,11-13,18-19,24,27,30,33,36-38,40,42-44,46,48-57H2,1-5H3/p+1/b10-8-,16-14-,17-15-,22-20-,23-21-,26-25-,29-28-,32-31-,35-34-,41-39-,47-45-. The molecule has 0 rings (SSSR count). The highest BCUT2D eigenvalue weighted by molar-refractivity contribution is 5.71. The van der Waals surface area contributed by atoms with Crippen LogP contribution in [-0.2, 0) is 33.3 Å². The molecule has 0 bridgehead atoms. The highest BCUT2D eigenvalue weighted by Crippen LogP contribution is 2.12. The van der Waals surface area contributed by atoms with Crippen molar-refractivity contribution >= 4 is 17.9 Å². The van der Waals surface area contributed by atoms with Crippen LogP contribution in [0.3, 0.4) is 0 Å². The summed E-state index contributed by atoms with van der Waals surface area (Å²) >= 11 is 0. The molecule has 71 heavy (non-hydrogen) atoms. The Hall–Kier alpha value is -4.57. The first-order valence-electron chi connectivity index (χ1n) is 27.3. The fourth-order valence-corrected chi connectivity index (χ4v) is 6.69. The van der Waals surface area contributed by atoms with Crippen LogP contribution in [0, 0.1) is 0 Å². The van der Waals surface area contributed by atoms with Gasteiger partial charge in [-0.25, -0.2) is 4.79 Å². The zero-order valence-corrected chi connectivity index (χ0v) is 45.3. The second kappa shape index (κ2) is 51.8. The quantitative estimate of drug-likeness (QED) is 0.0211. The smallest absolute Gasteiger partial charge is 0.361 e. The molecule has 0 spiro atoms. The number of likely N-dealkylation sites (N-methyl/N-ethyl adjacent to an activating group) is 1. The second-order valence-electron chi connectivity index (χ2n) is 18.8. The molecule has 0 saturated carbocycles. The summed E-state index contributed by atoms with van der Waals surface area (Å²) in [5.74, 6) is -2.12. The SMILES string of the molecule is CC/C=C\C/C=C\C/C=C\C/C=C\C/C=C\C/C=C\C/C=C\C/C=C\C/C=C\CCCC(=O)OC(COC(=O)CCCCCCCCC/C=C\C/C=C\CCCCC)COC(OCC[N+](C)(C)C)C(=O)O. The maximum absolute atomic E-state index is 12.8. The molecule has 0 aromatic rings. The van der Waals surface area contributed by atoms with E-state index in [0.29, 0.717) is 23.9 Å². The number of allylic oxidation sites excluding steroid dienone is 22. The third-order valence-electron chi connectivity index (χ3n) is 10.9. The molecule has 0 amide bonds. The number of aliphatic carboxylic acids is 1. The summed E-state index contributed by atoms with van der Waals surface area (Å²) in [7, 11) is 5.93. The molecule has 0 aliphatic rings. The van der Waals surface area contributed by atoms with Crippen molar-refractivity contribution in [1.29, 1.82) is 0 Å². The molecule has 0 aliphatic heterocycles. The average molecular weight is 987 g/mol. The molecule has 400 valence electrons. The molecule has 1 N–H and O–H groups in total. The molecule has 0 fully saturated rings. The van der Waals surface area contributed by atoms with E-state index in [0.717, 1.165) is 96.3 Å². The van der Waals surface area contributed by atoms with Crippen LogP contribution in [0.25, 0.3) is 0 Å². The van der Waals surface area contributed by atoms with E-state index in [2.05, 4.69) is 148 Å². The number of carbonyl (C=O) groups excluding carboxylic acids is 2. The van der Waals surface area contributed by atoms with Gasteiger partial charge in [-0.1, -0.05) is 192 Å². The van der Waals surface area contributed by atoms with E-state index in [-0.39, 0.29) is 38.6 Å². The van der Waals surface area contributed by atoms with Gasteiger partial charge in [0.05, 0.1) is 34.4 Å². The molecule has 0 radical (unpaired) electrons. The first-order valence-corrected chi connectivity index (χ1v) is 27.3. The van der Waals surface area contributed by atoms with E-state index in [4.69, 9.17) is 18.9 Å². The monoisotopic (exact) mass is 987 g/mol. The molecule has 2 unspecified atom stereocenters. The summed E-state index contributed by atoms with van der Waals surface area (Å²) in [6.45, 7) is 4.63. The third kappa shape index (κ3) is 53.1. The van der Waals surface area contributed by atoms with Crippen LogP contribution >= 0.6 is 0 Å². The van der Waals surface area contributed by atoms with Crippen LogP contribution in [0.1, 0.15) is 181 Å². The van der Waals surface area contributed by atoms with Gasteiger partial charge in [0, 0.05) is 12.8 Å². The lowest BCUT2D eigenvalue weighted by molar-refractivity contribution is -0.870. The molecule has 0 aromatic carbocycles. The van der Waals surface area contributed by atoms with Gasteiger partial charge in [-0.05, 0) is 109 Å². The van der Waals surface area contributed by atoms with Crippen LogP contribution < -0.4 is 0 Å². The predicted octanol–water partition coefficient (Wildman–Crippen LogP) is 15.9. The molecule has 9 heteroatoms. The van der Waals surface area contributed by atoms with Crippen molar-refractivity contribution in [3.05, 3.63) is 134 Å². The summed E-state index contributed by atoms with van der Waals surface area (Å²) in [6, 6.07) is 0. The van der Waals surface area contributed by atoms with Gasteiger partial charge < -0.3 is 28.5 Å². The number of rotatable bonds is 48. The summed E-state index contributed by atoms with van der Waals surface area (Å²) in [6.07, 6.45) is 71.0. The second-order valence-corrected chi connectivity index (χ2v) is 18.8. The number of carboxylic acids is 1. The van der Waals surface area contributed by atoms with E-state index >= 15 is 0 Å². The summed E-state index contributed by atoms with van der Waals surface area (Å²) in [5.41, 5.74) is 0. The molecule has 0 aromatic heterocycles. The number of ether oxygens (including phenoxy) is 4. The highest BCUT2D eigenvalue weighted by atomic mass is 16.7. The van der Waals surface area contributed by atoms with Crippen LogP contribution in [0.4, 0.5) is 0 Å². The fourth-order valence-electron chi connectivity index (χ4n) is 6.69. The Morgan fingerprint density at radius 2 is 0.817 bits per heavy atom. The normalized spacial score (nSPS) is 13.9. The van der Waals surface area contributed by atoms with Crippen LogP contribution in [0.5, 0.6) is 0 Å². The topological polar surface area (TPSA) is 108 Å². The van der Waals surface area contributed by atoms with Crippen molar-refractivity contribution in [3.63, 3.8) is 0 Å². The van der Waals surface area contributed by atoms with Gasteiger partial charge in [0.25, 0.3) is 6.29 Å². The molecular formula is C62H100NO8+. The van der Waals surface area contributed by atoms with Crippen LogP contribution in [-0.4, -0.2) is 87.4 Å². The Kier molecular flexibility index (Phi) is 48.4. The molecule has 2 atom stereocenters. The number of unbranched alkanes of at least 4 members (excludes halogenated alkanes) is 11. The lowest BCUT2D eigenvalue weighted by atomic mass is 10.1. The lowest BCUT2D eigenvalue weighted by Crippen LogP contribution is -2.40. The zero-order valence-electron chi connectivity index (χ0n) is 45.3. The van der Waals surface area contributed by atoms with Crippen molar-refractivity contribution in [1.82, 2.24) is 0 Å². The first-order chi connectivity index (χ1) is 34.6. The van der Waals surface area contributed by atoms with Crippen molar-refractivity contribution in [3.8, 4) is 0 Å². The maximum atomic E-state index is 12.8. The Bertz CT molecular complexity index is 1620. The largest absolute Gasteiger partial charge is 0.477 e. The average Bonchev–Trinajstić information content (AvgIpc) is 3.34. The Balaban J connectivity index is 4.46. The minimum Gasteiger partial charge on any atom is -0.477 e. The molecule has 0 aliphatic carbocycles. The third-order valence-corrected chi connectivity index (χ3v) is 10.9. The highest BCUT2D eigenvalue weighted by Gasteiger charge is 2.25. The molecule has 9 nitrogen and oxygen atoms in total. The maximum Gasteiger partial charge on any atom is 0.361 e. The summed E-state index contributed by atoms with van der Waals surface area (Å²) in [5, 5.41) is 9.68. The number of carboxylic acid groups (broad SMARTS) is 1. The first kappa shape index (κ1) is 66.4. The summed E-state index contributed by atoms with van der Waals surface area (Å²) in [4.78, 5) is 37.3. The van der Waals surface area contributed by atoms with Gasteiger partial charge in [0.2, 0.25) is 0 Å². The molecule has 0 heterocycles. The number of esters is 2. The van der Waals surface area contributed by atoms with Gasteiger partial charge in [-0.2, -0.15) is 0 Å². The van der Waals surface area contributed by atoms with E-state index in [1.807, 2.05) is 21.1 Å². The number of hydrogen-bond acceptors (Lipinski definition) is 7. The Labute approximate surface area is 433 Å². The number of carbonyl (C=O) groups is 3. The Morgan fingerprint density at radius 1 is 0.437 bits per heavy atom. The Morgan fingerprint density at radius 3 is 1.24 bits per heavy atom. The van der Waals surface area contributed by atoms with Gasteiger partial charge in [0.15, 0.2) is 6.10 Å². The number of hydrogen-bond donors (Lipinski definition) is 1. The summed E-state index contributed by atoms with van der Waals surface area (Å²) < 4.78 is 22.7. The van der Waals surface area contributed by atoms with Gasteiger partial charge in [-0.15, -0.1) is 0 Å². The molecular weight excluding hydrogens is 887 g/mol. The van der Waals surface area contributed by atoms with E-state index in [1.165, 1.54) is 44.9 Å². The number of quaternary nitrogens is 1. The van der Waals surface area contributed by atoms with E-state index in [9.17, 15) is 19.5 Å². The van der Waals surface area contributed by atoms with Gasteiger partial charge in [0.1, 0.15) is 13.2 Å². The van der Waals surface area contributed by atoms with E-state index < -0.39 is 24.3 Å². The van der Waals surface area contributed by atoms with Gasteiger partial charge >= 0.3 is 17.9 Å². The van der Waals surface area contributed by atoms with Gasteiger partial charge in [-0.3, -0.25) is 9.59 Å². The lowest BCUT2D eigenvalue weighted by Gasteiger charge is -2.25. The predicted molar refractivity (Wildman–Crippen MR) is 299 cm³/mol. The van der Waals surface area contributed by atoms with Crippen molar-refractivity contribution in [2.24, 2.45) is 0 Å². The minimum atomic E-state index is -1.54. The van der Waals surface area contributed by atoms with Crippen molar-refractivity contribution < 1.29 is 42.9 Å². The van der Waals surface area contributed by atoms with E-state index in [1.54, 1.807) is 0 Å². The van der Waals surface area contributed by atoms with Crippen molar-refractivity contribution in [2.45, 2.75) is 193 Å². The van der Waals surface area contributed by atoms with Crippen molar-refractivity contribution in [2.75, 3.05) is 47.5 Å². The van der Waals surface area contributed by atoms with Crippen LogP contribution in [0.2, 0.25) is 0 Å². The minimum absolute atomic E-state index is 0.167. The number of nitrogens with zero attached hydrogens (tertiary/aromatic N) is 1. The zero-order chi connectivity index (χ0) is 52.0.